The number of nitrogens with one attached hydrogen (secondary N) is 1. The fourth-order valence-electron chi connectivity index (χ4n) is 4.34. The van der Waals surface area contributed by atoms with Gasteiger partial charge in [0.15, 0.2) is 5.43 Å². The molecule has 1 heterocycles. The van der Waals surface area contributed by atoms with Crippen LogP contribution in [0.4, 0.5) is 41.2 Å². The fraction of sp³-hybridized carbons (Fsp3) is 0.194. The molecule has 0 bridgehead atoms. The molecule has 0 atom stereocenters. The summed E-state index contributed by atoms with van der Waals surface area (Å²) in [5.74, 6) is -1.30. The van der Waals surface area contributed by atoms with Crippen molar-refractivity contribution in [2.24, 2.45) is 0 Å². The van der Waals surface area contributed by atoms with Gasteiger partial charge in [-0.3, -0.25) is 9.59 Å². The zero-order valence-corrected chi connectivity index (χ0v) is 23.2. The number of carbonyl (C=O) groups is 2. The van der Waals surface area contributed by atoms with Crippen LogP contribution in [0.2, 0.25) is 0 Å². The first kappa shape index (κ1) is 32.8. The van der Waals surface area contributed by atoms with Gasteiger partial charge >= 0.3 is 18.4 Å². The summed E-state index contributed by atoms with van der Waals surface area (Å²) in [6.07, 6.45) is -7.92. The summed E-state index contributed by atoms with van der Waals surface area (Å²) < 4.78 is 98.9. The van der Waals surface area contributed by atoms with E-state index in [0.29, 0.717) is 23.3 Å². The molecular weight excluding hydrogens is 611 g/mol. The van der Waals surface area contributed by atoms with E-state index in [1.807, 2.05) is 5.32 Å². The van der Waals surface area contributed by atoms with Gasteiger partial charge in [0.2, 0.25) is 5.91 Å². The SMILES string of the molecule is C=CCN(CC(=O)N(Cc1ccc(F)cc1)Cc1coc2ccccc2c1=O)C(=O)Nc1cc(C(F)(F)F)cc(C(F)(F)F)c1. The molecule has 45 heavy (non-hydrogen) atoms. The minimum absolute atomic E-state index is 0.0764. The first-order valence-electron chi connectivity index (χ1n) is 13.1. The maximum atomic E-state index is 13.6. The highest BCUT2D eigenvalue weighted by atomic mass is 19.4. The van der Waals surface area contributed by atoms with Crippen LogP contribution < -0.4 is 10.7 Å². The second-order valence-corrected chi connectivity index (χ2v) is 9.86. The number of urea groups is 1. The Kier molecular flexibility index (Phi) is 9.64. The molecule has 3 aromatic carbocycles. The monoisotopic (exact) mass is 635 g/mol. The Bertz CT molecular complexity index is 1730. The zero-order valence-electron chi connectivity index (χ0n) is 23.2. The summed E-state index contributed by atoms with van der Waals surface area (Å²) in [7, 11) is 0. The predicted octanol–water partition coefficient (Wildman–Crippen LogP) is 7.22. The van der Waals surface area contributed by atoms with E-state index in [4.69, 9.17) is 4.42 Å². The molecule has 0 fully saturated rings. The van der Waals surface area contributed by atoms with Gasteiger partial charge in [-0.25, -0.2) is 9.18 Å². The number of amides is 3. The molecule has 0 radical (unpaired) electrons. The van der Waals surface area contributed by atoms with Crippen molar-refractivity contribution in [2.45, 2.75) is 25.4 Å². The number of halogens is 7. The number of carbonyl (C=O) groups excluding carboxylic acids is 2. The Morgan fingerprint density at radius 3 is 2.09 bits per heavy atom. The Hall–Kier alpha value is -5.14. The molecule has 0 aliphatic carbocycles. The molecule has 3 amide bonds. The van der Waals surface area contributed by atoms with E-state index in [0.717, 1.165) is 17.0 Å². The number of benzene rings is 3. The highest BCUT2D eigenvalue weighted by molar-refractivity contribution is 5.92. The summed E-state index contributed by atoms with van der Waals surface area (Å²) in [5.41, 5.74) is -3.68. The Balaban J connectivity index is 1.62. The highest BCUT2D eigenvalue weighted by Crippen LogP contribution is 2.37. The van der Waals surface area contributed by atoms with Crippen molar-refractivity contribution in [3.63, 3.8) is 0 Å². The molecule has 4 aromatic rings. The van der Waals surface area contributed by atoms with Gasteiger partial charge < -0.3 is 19.5 Å². The number of hydrogen-bond donors (Lipinski definition) is 1. The number of rotatable bonds is 9. The molecule has 1 aromatic heterocycles. The maximum absolute atomic E-state index is 13.6. The molecule has 0 unspecified atom stereocenters. The van der Waals surface area contributed by atoms with Gasteiger partial charge in [-0.1, -0.05) is 30.3 Å². The average Bonchev–Trinajstić information content (AvgIpc) is 2.98. The van der Waals surface area contributed by atoms with E-state index in [2.05, 4.69) is 6.58 Å². The van der Waals surface area contributed by atoms with E-state index in [1.54, 1.807) is 18.2 Å². The zero-order chi connectivity index (χ0) is 32.9. The third kappa shape index (κ3) is 8.28. The predicted molar refractivity (Wildman–Crippen MR) is 150 cm³/mol. The molecule has 0 aliphatic heterocycles. The lowest BCUT2D eigenvalue weighted by Crippen LogP contribution is -2.44. The van der Waals surface area contributed by atoms with Crippen LogP contribution in [-0.2, 0) is 30.2 Å². The third-order valence-electron chi connectivity index (χ3n) is 6.55. The maximum Gasteiger partial charge on any atom is 0.416 e. The van der Waals surface area contributed by atoms with Gasteiger partial charge in [0.25, 0.3) is 0 Å². The van der Waals surface area contributed by atoms with E-state index in [1.165, 1.54) is 35.4 Å². The molecule has 0 saturated heterocycles. The summed E-state index contributed by atoms with van der Waals surface area (Å²) in [4.78, 5) is 41.7. The molecular formula is C31H24F7N3O4. The van der Waals surface area contributed by atoms with Crippen molar-refractivity contribution < 1.29 is 44.7 Å². The van der Waals surface area contributed by atoms with Gasteiger partial charge in [-0.05, 0) is 48.0 Å². The number of alkyl halides is 6. The van der Waals surface area contributed by atoms with Crippen molar-refractivity contribution in [2.75, 3.05) is 18.4 Å². The van der Waals surface area contributed by atoms with Gasteiger partial charge in [-0.15, -0.1) is 6.58 Å². The van der Waals surface area contributed by atoms with Crippen LogP contribution in [0.5, 0.6) is 0 Å². The van der Waals surface area contributed by atoms with Crippen LogP contribution in [0, 0.1) is 5.82 Å². The van der Waals surface area contributed by atoms with Gasteiger partial charge in [0, 0.05) is 18.8 Å². The Morgan fingerprint density at radius 2 is 1.49 bits per heavy atom. The lowest BCUT2D eigenvalue weighted by molar-refractivity contribution is -0.143. The molecule has 0 saturated carbocycles. The standard InChI is InChI=1S/C31H24F7N3O4/c1-2-11-40(29(44)39-24-13-21(30(33,34)35)12-22(14-24)31(36,37)38)17-27(42)41(15-19-7-9-23(32)10-8-19)16-20-18-45-26-6-4-3-5-25(26)28(20)43/h2-10,12-14,18H,1,11,15-17H2,(H,39,44). The van der Waals surface area contributed by atoms with Crippen LogP contribution in [-0.4, -0.2) is 34.8 Å². The van der Waals surface area contributed by atoms with Crippen LogP contribution >= 0.6 is 0 Å². The third-order valence-corrected chi connectivity index (χ3v) is 6.55. The molecule has 0 spiro atoms. The highest BCUT2D eigenvalue weighted by Gasteiger charge is 2.37. The van der Waals surface area contributed by atoms with Crippen LogP contribution in [0.15, 0.2) is 94.9 Å². The lowest BCUT2D eigenvalue weighted by Gasteiger charge is -2.27. The molecule has 0 aliphatic rings. The van der Waals surface area contributed by atoms with Gasteiger partial charge in [-0.2, -0.15) is 26.3 Å². The van der Waals surface area contributed by atoms with E-state index < -0.39 is 58.9 Å². The summed E-state index contributed by atoms with van der Waals surface area (Å²) in [6, 6.07) is 10.9. The molecule has 7 nitrogen and oxygen atoms in total. The van der Waals surface area contributed by atoms with E-state index in [-0.39, 0.29) is 36.7 Å². The van der Waals surface area contributed by atoms with Crippen LogP contribution in [0.1, 0.15) is 22.3 Å². The number of hydrogen-bond acceptors (Lipinski definition) is 4. The minimum atomic E-state index is -5.15. The van der Waals surface area contributed by atoms with Gasteiger partial charge in [0.1, 0.15) is 17.9 Å². The second kappa shape index (κ2) is 13.2. The topological polar surface area (TPSA) is 82.9 Å². The molecule has 4 rings (SSSR count). The molecule has 1 N–H and O–H groups in total. The van der Waals surface area contributed by atoms with Crippen LogP contribution in [0.25, 0.3) is 11.0 Å². The van der Waals surface area contributed by atoms with Crippen molar-refractivity contribution in [3.8, 4) is 0 Å². The van der Waals surface area contributed by atoms with Crippen molar-refractivity contribution in [1.82, 2.24) is 9.80 Å². The van der Waals surface area contributed by atoms with Gasteiger partial charge in [0.05, 0.1) is 34.9 Å². The smallest absolute Gasteiger partial charge is 0.416 e. The van der Waals surface area contributed by atoms with Crippen LogP contribution in [0.3, 0.4) is 0 Å². The fourth-order valence-corrected chi connectivity index (χ4v) is 4.34. The Labute approximate surface area is 251 Å². The van der Waals surface area contributed by atoms with Crippen molar-refractivity contribution >= 4 is 28.6 Å². The van der Waals surface area contributed by atoms with Crippen molar-refractivity contribution in [3.05, 3.63) is 124 Å². The first-order valence-corrected chi connectivity index (χ1v) is 13.1. The molecule has 14 heteroatoms. The number of fused-ring (bicyclic) bond motifs is 1. The normalized spacial score (nSPS) is 11.7. The average molecular weight is 636 g/mol. The largest absolute Gasteiger partial charge is 0.464 e. The number of nitrogens with zero attached hydrogens (tertiary/aromatic N) is 2. The number of anilines is 1. The van der Waals surface area contributed by atoms with E-state index in [9.17, 15) is 45.1 Å². The van der Waals surface area contributed by atoms with Crippen molar-refractivity contribution in [1.29, 1.82) is 0 Å². The summed E-state index contributed by atoms with van der Waals surface area (Å²) in [6.45, 7) is 1.97. The minimum Gasteiger partial charge on any atom is -0.464 e. The Morgan fingerprint density at radius 1 is 0.867 bits per heavy atom. The quantitative estimate of drug-likeness (QED) is 0.156. The summed E-state index contributed by atoms with van der Waals surface area (Å²) >= 11 is 0. The molecule has 236 valence electrons. The summed E-state index contributed by atoms with van der Waals surface area (Å²) in [5, 5.41) is 2.24. The lowest BCUT2D eigenvalue weighted by atomic mass is 10.1. The van der Waals surface area contributed by atoms with E-state index >= 15 is 0 Å². The second-order valence-electron chi connectivity index (χ2n) is 9.86. The number of para-hydroxylation sites is 1. The first-order chi connectivity index (χ1) is 21.2.